The van der Waals surface area contributed by atoms with Crippen LogP contribution in [0.2, 0.25) is 0 Å². The lowest BCUT2D eigenvalue weighted by atomic mass is 9.66. The van der Waals surface area contributed by atoms with E-state index in [1.54, 1.807) is 27.6 Å². The third-order valence-electron chi connectivity index (χ3n) is 9.04. The molecule has 3 saturated heterocycles. The Labute approximate surface area is 249 Å². The predicted molar refractivity (Wildman–Crippen MR) is 163 cm³/mol. The summed E-state index contributed by atoms with van der Waals surface area (Å²) in [7, 11) is 0. The van der Waals surface area contributed by atoms with Crippen LogP contribution in [0.4, 0.5) is 0 Å². The van der Waals surface area contributed by atoms with Crippen LogP contribution < -0.4 is 0 Å². The average Bonchev–Trinajstić information content (AvgIpc) is 3.53. The summed E-state index contributed by atoms with van der Waals surface area (Å²) in [5.41, 5.74) is 0.455. The van der Waals surface area contributed by atoms with E-state index in [0.717, 1.165) is 31.2 Å². The molecular weight excluding hydrogens is 536 g/mol. The highest BCUT2D eigenvalue weighted by Crippen LogP contribution is 2.69. The highest BCUT2D eigenvalue weighted by molar-refractivity contribution is 8.02. The van der Waals surface area contributed by atoms with Crippen molar-refractivity contribution >= 4 is 29.5 Å². The molecule has 2 bridgehead atoms. The molecule has 3 aliphatic rings. The number of benzene rings is 1. The number of allylic oxidation sites excluding steroid dienone is 1. The Kier molecular flexibility index (Phi) is 9.74. The molecule has 1 N–H and O–H groups in total. The zero-order valence-corrected chi connectivity index (χ0v) is 25.8. The summed E-state index contributed by atoms with van der Waals surface area (Å²) >= 11 is 1.63. The van der Waals surface area contributed by atoms with Crippen molar-refractivity contribution in [3.63, 3.8) is 0 Å². The summed E-state index contributed by atoms with van der Waals surface area (Å²) in [6.45, 7) is 16.0. The molecule has 7 atom stereocenters. The van der Waals surface area contributed by atoms with Gasteiger partial charge in [0.1, 0.15) is 6.04 Å². The molecule has 2 amide bonds. The predicted octanol–water partition coefficient (Wildman–Crippen LogP) is 4.64. The number of fused-ring (bicyclic) bond motifs is 1. The molecule has 1 aromatic carbocycles. The van der Waals surface area contributed by atoms with Crippen LogP contribution in [0.15, 0.2) is 55.6 Å². The van der Waals surface area contributed by atoms with E-state index in [1.807, 2.05) is 57.2 Å². The topological polar surface area (TPSA) is 87.1 Å². The number of hydrogen-bond acceptors (Lipinski definition) is 6. The first-order chi connectivity index (χ1) is 19.5. The van der Waals surface area contributed by atoms with Gasteiger partial charge in [0.2, 0.25) is 11.8 Å². The van der Waals surface area contributed by atoms with Crippen LogP contribution in [0, 0.1) is 17.8 Å². The molecule has 3 aliphatic heterocycles. The number of likely N-dealkylation sites (tertiary alicyclic amines) is 1. The molecule has 0 aromatic heterocycles. The van der Waals surface area contributed by atoms with E-state index in [0.29, 0.717) is 19.6 Å². The molecular formula is C33H46N2O5S. The Hall–Kier alpha value is -2.58. The first kappa shape index (κ1) is 31.4. The molecule has 3 fully saturated rings. The van der Waals surface area contributed by atoms with Gasteiger partial charge in [-0.15, -0.1) is 24.9 Å². The SMILES string of the molecule is C=CCCCCOC(=O)[C@@H]1[C@H]2C(=O)N([C@@H](CO)Cc3ccccc3)C(C(=O)N(CC=C)C(C)(C)C)C23S[C@@H]1CC3C. The first-order valence-electron chi connectivity index (χ1n) is 14.9. The van der Waals surface area contributed by atoms with E-state index in [1.165, 1.54) is 0 Å². The lowest BCUT2D eigenvalue weighted by Gasteiger charge is -2.45. The average molecular weight is 583 g/mol. The fourth-order valence-electron chi connectivity index (χ4n) is 7.17. The van der Waals surface area contributed by atoms with E-state index in [-0.39, 0.29) is 35.6 Å². The molecule has 0 aliphatic carbocycles. The van der Waals surface area contributed by atoms with Crippen LogP contribution in [0.25, 0.3) is 0 Å². The zero-order valence-electron chi connectivity index (χ0n) is 25.0. The van der Waals surface area contributed by atoms with Crippen LogP contribution in [0.1, 0.15) is 58.9 Å². The molecule has 1 aromatic rings. The van der Waals surface area contributed by atoms with E-state index >= 15 is 0 Å². The maximum absolute atomic E-state index is 14.7. The molecule has 7 nitrogen and oxygen atoms in total. The van der Waals surface area contributed by atoms with Gasteiger partial charge in [-0.1, -0.05) is 49.4 Å². The number of thioether (sulfide) groups is 1. The quantitative estimate of drug-likeness (QED) is 0.207. The summed E-state index contributed by atoms with van der Waals surface area (Å²) in [4.78, 5) is 46.3. The van der Waals surface area contributed by atoms with E-state index < -0.39 is 34.2 Å². The number of rotatable bonds is 13. The molecule has 0 saturated carbocycles. The summed E-state index contributed by atoms with van der Waals surface area (Å²) in [6.07, 6.45) is 7.19. The van der Waals surface area contributed by atoms with Crippen molar-refractivity contribution in [3.05, 3.63) is 61.2 Å². The van der Waals surface area contributed by atoms with Gasteiger partial charge in [0.15, 0.2) is 0 Å². The third-order valence-corrected chi connectivity index (χ3v) is 11.1. The number of carbonyl (C=O) groups excluding carboxylic acids is 3. The Morgan fingerprint density at radius 3 is 2.54 bits per heavy atom. The number of carbonyl (C=O) groups is 3. The fraction of sp³-hybridized carbons (Fsp3) is 0.606. The van der Waals surface area contributed by atoms with Crippen LogP contribution in [-0.2, 0) is 25.5 Å². The Balaban J connectivity index is 1.75. The summed E-state index contributed by atoms with van der Waals surface area (Å²) < 4.78 is 4.97. The molecule has 224 valence electrons. The van der Waals surface area contributed by atoms with Crippen molar-refractivity contribution in [2.45, 2.75) is 87.4 Å². The zero-order chi connectivity index (χ0) is 29.9. The number of aliphatic hydroxyl groups is 1. The maximum atomic E-state index is 14.7. The van der Waals surface area contributed by atoms with Gasteiger partial charge < -0.3 is 19.6 Å². The second-order valence-corrected chi connectivity index (χ2v) is 14.2. The second kappa shape index (κ2) is 12.7. The van der Waals surface area contributed by atoms with Gasteiger partial charge in [-0.2, -0.15) is 0 Å². The maximum Gasteiger partial charge on any atom is 0.310 e. The summed E-state index contributed by atoms with van der Waals surface area (Å²) in [6, 6.07) is 8.30. The largest absolute Gasteiger partial charge is 0.465 e. The van der Waals surface area contributed by atoms with E-state index in [2.05, 4.69) is 20.1 Å². The number of hydrogen-bond donors (Lipinski definition) is 1. The van der Waals surface area contributed by atoms with E-state index in [4.69, 9.17) is 4.74 Å². The standard InChI is InChI=1S/C33H46N2O5S/c1-7-9-10-14-18-40-31(39)26-25-19-22(3)33(41-25)27(26)29(37)35(24(21-36)20-23-15-12-11-13-16-23)28(33)30(38)34(17-8-2)32(4,5)6/h7-8,11-13,15-16,22,24-28,36H,1-2,9-10,14,17-21H2,3-6H3/t22?,24-,25-,26+,27+,28?,33?/m1/s1. The smallest absolute Gasteiger partial charge is 0.310 e. The normalized spacial score (nSPS) is 29.2. The molecule has 1 spiro atoms. The van der Waals surface area contributed by atoms with Gasteiger partial charge in [0.25, 0.3) is 0 Å². The Bertz CT molecular complexity index is 1130. The van der Waals surface area contributed by atoms with Crippen LogP contribution >= 0.6 is 11.8 Å². The summed E-state index contributed by atoms with van der Waals surface area (Å²) in [5, 5.41) is 10.6. The van der Waals surface area contributed by atoms with Crippen LogP contribution in [0.3, 0.4) is 0 Å². The van der Waals surface area contributed by atoms with Crippen molar-refractivity contribution in [1.82, 2.24) is 9.80 Å². The lowest BCUT2D eigenvalue weighted by Crippen LogP contribution is -2.62. The van der Waals surface area contributed by atoms with Gasteiger partial charge in [0, 0.05) is 17.3 Å². The lowest BCUT2D eigenvalue weighted by molar-refractivity contribution is -0.155. The van der Waals surface area contributed by atoms with Gasteiger partial charge in [-0.25, -0.2) is 0 Å². The molecule has 0 radical (unpaired) electrons. The van der Waals surface area contributed by atoms with Gasteiger partial charge >= 0.3 is 5.97 Å². The minimum absolute atomic E-state index is 0.0312. The van der Waals surface area contributed by atoms with Crippen molar-refractivity contribution in [2.75, 3.05) is 19.8 Å². The fourth-order valence-corrected chi connectivity index (χ4v) is 9.56. The Morgan fingerprint density at radius 1 is 1.22 bits per heavy atom. The third kappa shape index (κ3) is 5.74. The summed E-state index contributed by atoms with van der Waals surface area (Å²) in [5.74, 6) is -1.97. The molecule has 8 heteroatoms. The van der Waals surface area contributed by atoms with Crippen molar-refractivity contribution in [2.24, 2.45) is 17.8 Å². The number of aliphatic hydroxyl groups excluding tert-OH is 1. The van der Waals surface area contributed by atoms with Gasteiger partial charge in [0.05, 0.1) is 35.8 Å². The van der Waals surface area contributed by atoms with Gasteiger partial charge in [-0.05, 0) is 64.4 Å². The number of esters is 1. The van der Waals surface area contributed by atoms with Crippen LogP contribution in [-0.4, -0.2) is 80.1 Å². The molecule has 3 heterocycles. The number of amides is 2. The van der Waals surface area contributed by atoms with E-state index in [9.17, 15) is 19.5 Å². The minimum Gasteiger partial charge on any atom is -0.465 e. The highest BCUT2D eigenvalue weighted by Gasteiger charge is 2.77. The first-order valence-corrected chi connectivity index (χ1v) is 15.8. The van der Waals surface area contributed by atoms with Crippen molar-refractivity contribution in [1.29, 1.82) is 0 Å². The number of nitrogens with zero attached hydrogens (tertiary/aromatic N) is 2. The van der Waals surface area contributed by atoms with Crippen molar-refractivity contribution < 1.29 is 24.2 Å². The molecule has 4 rings (SSSR count). The second-order valence-electron chi connectivity index (χ2n) is 12.7. The Morgan fingerprint density at radius 2 is 1.93 bits per heavy atom. The van der Waals surface area contributed by atoms with Crippen LogP contribution in [0.5, 0.6) is 0 Å². The van der Waals surface area contributed by atoms with Gasteiger partial charge in [-0.3, -0.25) is 14.4 Å². The number of ether oxygens (including phenoxy) is 1. The molecule has 41 heavy (non-hydrogen) atoms. The molecule has 3 unspecified atom stereocenters. The van der Waals surface area contributed by atoms with Crippen molar-refractivity contribution in [3.8, 4) is 0 Å². The number of unbranched alkanes of at least 4 members (excludes halogenated alkanes) is 2. The minimum atomic E-state index is -0.810. The highest BCUT2D eigenvalue weighted by atomic mass is 32.2. The monoisotopic (exact) mass is 582 g/mol.